The lowest BCUT2D eigenvalue weighted by atomic mass is 10.2. The molecule has 1 aliphatic heterocycles. The Morgan fingerprint density at radius 1 is 1.42 bits per heavy atom. The van der Waals surface area contributed by atoms with Crippen molar-refractivity contribution in [2.24, 2.45) is 0 Å². The SMILES string of the molecule is CCC(C)N1C(=O)CC(NCC(F)(F)C(F)F)C1=O. The van der Waals surface area contributed by atoms with Crippen molar-refractivity contribution in [3.05, 3.63) is 0 Å². The van der Waals surface area contributed by atoms with Crippen LogP contribution in [0.2, 0.25) is 0 Å². The first-order chi connectivity index (χ1) is 8.70. The summed E-state index contributed by atoms with van der Waals surface area (Å²) < 4.78 is 49.4. The van der Waals surface area contributed by atoms with Gasteiger partial charge in [0.2, 0.25) is 11.8 Å². The third-order valence-corrected chi connectivity index (χ3v) is 3.12. The van der Waals surface area contributed by atoms with Crippen molar-refractivity contribution in [3.8, 4) is 0 Å². The Morgan fingerprint density at radius 3 is 2.47 bits per heavy atom. The molecule has 1 fully saturated rings. The standard InChI is InChI=1S/C11H16F4N2O2/c1-3-6(2)17-8(18)4-7(9(17)19)16-5-11(14,15)10(12)13/h6-7,10,16H,3-5H2,1-2H3. The lowest BCUT2D eigenvalue weighted by Gasteiger charge is -2.22. The molecular weight excluding hydrogens is 268 g/mol. The second-order valence-electron chi connectivity index (χ2n) is 4.56. The number of nitrogens with zero attached hydrogens (tertiary/aromatic N) is 1. The van der Waals surface area contributed by atoms with E-state index in [0.717, 1.165) is 4.90 Å². The van der Waals surface area contributed by atoms with Gasteiger partial charge in [0, 0.05) is 6.04 Å². The zero-order valence-electron chi connectivity index (χ0n) is 10.6. The molecule has 2 amide bonds. The molecule has 0 saturated carbocycles. The molecule has 0 aromatic rings. The summed E-state index contributed by atoms with van der Waals surface area (Å²) in [5, 5.41) is 2.05. The zero-order valence-corrected chi connectivity index (χ0v) is 10.6. The van der Waals surface area contributed by atoms with Gasteiger partial charge in [-0.1, -0.05) is 6.92 Å². The number of carbonyl (C=O) groups is 2. The lowest BCUT2D eigenvalue weighted by Crippen LogP contribution is -2.47. The van der Waals surface area contributed by atoms with E-state index in [1.807, 2.05) is 0 Å². The zero-order chi connectivity index (χ0) is 14.8. The molecule has 0 bridgehead atoms. The predicted octanol–water partition coefficient (Wildman–Crippen LogP) is 1.40. The summed E-state index contributed by atoms with van der Waals surface area (Å²) in [4.78, 5) is 24.4. The van der Waals surface area contributed by atoms with E-state index >= 15 is 0 Å². The summed E-state index contributed by atoms with van der Waals surface area (Å²) in [5.74, 6) is -5.32. The summed E-state index contributed by atoms with van der Waals surface area (Å²) in [6, 6.07) is -1.48. The van der Waals surface area contributed by atoms with Crippen LogP contribution in [-0.2, 0) is 9.59 Å². The molecule has 0 radical (unpaired) electrons. The molecule has 19 heavy (non-hydrogen) atoms. The van der Waals surface area contributed by atoms with Crippen molar-refractivity contribution in [2.45, 2.75) is 51.1 Å². The summed E-state index contributed by atoms with van der Waals surface area (Å²) in [7, 11) is 0. The summed E-state index contributed by atoms with van der Waals surface area (Å²) in [6.07, 6.45) is -3.54. The average Bonchev–Trinajstić information content (AvgIpc) is 2.61. The normalized spacial score (nSPS) is 22.5. The number of hydrogen-bond acceptors (Lipinski definition) is 3. The number of carbonyl (C=O) groups excluding carboxylic acids is 2. The van der Waals surface area contributed by atoms with Crippen LogP contribution in [0.3, 0.4) is 0 Å². The van der Waals surface area contributed by atoms with E-state index < -0.39 is 36.7 Å². The third-order valence-electron chi connectivity index (χ3n) is 3.12. The number of imide groups is 1. The Morgan fingerprint density at radius 2 is 2.00 bits per heavy atom. The van der Waals surface area contributed by atoms with E-state index in [1.54, 1.807) is 13.8 Å². The molecule has 1 heterocycles. The van der Waals surface area contributed by atoms with Crippen LogP contribution in [0.1, 0.15) is 26.7 Å². The smallest absolute Gasteiger partial charge is 0.299 e. The van der Waals surface area contributed by atoms with Gasteiger partial charge in [-0.25, -0.2) is 8.78 Å². The van der Waals surface area contributed by atoms with E-state index in [4.69, 9.17) is 0 Å². The fourth-order valence-corrected chi connectivity index (χ4v) is 1.79. The van der Waals surface area contributed by atoms with E-state index in [2.05, 4.69) is 5.32 Å². The minimum Gasteiger partial charge on any atom is -0.299 e. The topological polar surface area (TPSA) is 49.4 Å². The van der Waals surface area contributed by atoms with Gasteiger partial charge in [-0.2, -0.15) is 8.78 Å². The molecule has 2 unspecified atom stereocenters. The molecule has 0 aromatic heterocycles. The van der Waals surface area contributed by atoms with Gasteiger partial charge in [-0.15, -0.1) is 0 Å². The molecule has 110 valence electrons. The molecule has 2 atom stereocenters. The molecule has 8 heteroatoms. The molecule has 1 rings (SSSR count). The van der Waals surface area contributed by atoms with Crippen LogP contribution in [0, 0.1) is 0 Å². The van der Waals surface area contributed by atoms with E-state index in [-0.39, 0.29) is 12.5 Å². The first-order valence-electron chi connectivity index (χ1n) is 5.96. The molecule has 1 N–H and O–H groups in total. The van der Waals surface area contributed by atoms with Crippen LogP contribution >= 0.6 is 0 Å². The fourth-order valence-electron chi connectivity index (χ4n) is 1.79. The highest BCUT2D eigenvalue weighted by atomic mass is 19.3. The minimum atomic E-state index is -4.22. The van der Waals surface area contributed by atoms with E-state index in [9.17, 15) is 27.2 Å². The van der Waals surface area contributed by atoms with Crippen LogP contribution in [0.5, 0.6) is 0 Å². The van der Waals surface area contributed by atoms with Crippen molar-refractivity contribution in [2.75, 3.05) is 6.54 Å². The number of alkyl halides is 4. The van der Waals surface area contributed by atoms with Gasteiger partial charge in [0.05, 0.1) is 19.0 Å². The Bertz CT molecular complexity index is 363. The second kappa shape index (κ2) is 5.85. The van der Waals surface area contributed by atoms with E-state index in [1.165, 1.54) is 0 Å². The number of amides is 2. The Labute approximate surface area is 108 Å². The molecule has 0 aromatic carbocycles. The van der Waals surface area contributed by atoms with Gasteiger partial charge in [-0.3, -0.25) is 19.8 Å². The lowest BCUT2D eigenvalue weighted by molar-refractivity contribution is -0.142. The van der Waals surface area contributed by atoms with Gasteiger partial charge in [0.1, 0.15) is 0 Å². The highest BCUT2D eigenvalue weighted by molar-refractivity contribution is 6.05. The first-order valence-corrected chi connectivity index (χ1v) is 5.96. The van der Waals surface area contributed by atoms with Crippen LogP contribution in [-0.4, -0.2) is 47.7 Å². The molecule has 1 saturated heterocycles. The first kappa shape index (κ1) is 15.9. The second-order valence-corrected chi connectivity index (χ2v) is 4.56. The van der Waals surface area contributed by atoms with Gasteiger partial charge >= 0.3 is 12.3 Å². The fraction of sp³-hybridized carbons (Fsp3) is 0.818. The van der Waals surface area contributed by atoms with E-state index in [0.29, 0.717) is 6.42 Å². The Kier molecular flexibility index (Phi) is 4.89. The van der Waals surface area contributed by atoms with Crippen LogP contribution in [0.15, 0.2) is 0 Å². The maximum atomic E-state index is 12.7. The highest BCUT2D eigenvalue weighted by Gasteiger charge is 2.45. The van der Waals surface area contributed by atoms with Gasteiger partial charge < -0.3 is 0 Å². The van der Waals surface area contributed by atoms with Crippen molar-refractivity contribution in [1.29, 1.82) is 0 Å². The quantitative estimate of drug-likeness (QED) is 0.592. The largest absolute Gasteiger partial charge is 0.319 e. The van der Waals surface area contributed by atoms with Crippen molar-refractivity contribution in [3.63, 3.8) is 0 Å². The highest BCUT2D eigenvalue weighted by Crippen LogP contribution is 2.23. The van der Waals surface area contributed by atoms with Crippen molar-refractivity contribution < 1.29 is 27.2 Å². The number of likely N-dealkylation sites (tertiary alicyclic amines) is 1. The average molecular weight is 284 g/mol. The number of hydrogen-bond donors (Lipinski definition) is 1. The molecule has 0 spiro atoms. The number of rotatable bonds is 6. The minimum absolute atomic E-state index is 0.275. The third kappa shape index (κ3) is 3.43. The predicted molar refractivity (Wildman–Crippen MR) is 59.0 cm³/mol. The number of halogens is 4. The van der Waals surface area contributed by atoms with Gasteiger partial charge in [0.15, 0.2) is 0 Å². The molecular formula is C11H16F4N2O2. The summed E-state index contributed by atoms with van der Waals surface area (Å²) in [6.45, 7) is 2.10. The monoisotopic (exact) mass is 284 g/mol. The molecule has 0 aliphatic carbocycles. The Hall–Kier alpha value is -1.18. The van der Waals surface area contributed by atoms with Gasteiger partial charge in [0.25, 0.3) is 0 Å². The summed E-state index contributed by atoms with van der Waals surface area (Å²) in [5.41, 5.74) is 0. The summed E-state index contributed by atoms with van der Waals surface area (Å²) >= 11 is 0. The maximum Gasteiger partial charge on any atom is 0.319 e. The van der Waals surface area contributed by atoms with Crippen LogP contribution in [0.4, 0.5) is 17.6 Å². The Balaban J connectivity index is 2.63. The van der Waals surface area contributed by atoms with Crippen LogP contribution in [0.25, 0.3) is 0 Å². The van der Waals surface area contributed by atoms with Crippen LogP contribution < -0.4 is 5.32 Å². The van der Waals surface area contributed by atoms with Gasteiger partial charge in [-0.05, 0) is 13.3 Å². The van der Waals surface area contributed by atoms with Crippen molar-refractivity contribution >= 4 is 11.8 Å². The molecule has 1 aliphatic rings. The molecule has 4 nitrogen and oxygen atoms in total. The maximum absolute atomic E-state index is 12.7. The van der Waals surface area contributed by atoms with Crippen molar-refractivity contribution in [1.82, 2.24) is 10.2 Å². The number of nitrogens with one attached hydrogen (secondary N) is 1.